The van der Waals surface area contributed by atoms with Gasteiger partial charge < -0.3 is 11.1 Å². The second kappa shape index (κ2) is 7.23. The van der Waals surface area contributed by atoms with Crippen molar-refractivity contribution in [2.75, 3.05) is 5.32 Å². The highest BCUT2D eigenvalue weighted by Gasteiger charge is 2.24. The Labute approximate surface area is 157 Å². The molecular weight excluding hydrogens is 344 g/mol. The predicted molar refractivity (Wildman–Crippen MR) is 105 cm³/mol. The SMILES string of the molecule is NC(=O)c1c(NC(=O)c2ccc3c(c2)CCCC3)sc2c1CCCCC2. The first-order valence-electron chi connectivity index (χ1n) is 9.51. The van der Waals surface area contributed by atoms with Crippen molar-refractivity contribution in [1.29, 1.82) is 0 Å². The van der Waals surface area contributed by atoms with Crippen molar-refractivity contribution in [3.8, 4) is 0 Å². The lowest BCUT2D eigenvalue weighted by molar-refractivity contribution is 0.100. The number of fused-ring (bicyclic) bond motifs is 2. The van der Waals surface area contributed by atoms with Crippen LogP contribution < -0.4 is 11.1 Å². The van der Waals surface area contributed by atoms with Crippen LogP contribution in [0.3, 0.4) is 0 Å². The first kappa shape index (κ1) is 17.3. The summed E-state index contributed by atoms with van der Waals surface area (Å²) < 4.78 is 0. The summed E-state index contributed by atoms with van der Waals surface area (Å²) in [5.74, 6) is -0.595. The largest absolute Gasteiger partial charge is 0.365 e. The maximum Gasteiger partial charge on any atom is 0.256 e. The van der Waals surface area contributed by atoms with E-state index in [4.69, 9.17) is 5.73 Å². The molecular formula is C21H24N2O2S. The van der Waals surface area contributed by atoms with E-state index in [0.717, 1.165) is 44.1 Å². The van der Waals surface area contributed by atoms with Crippen molar-refractivity contribution in [1.82, 2.24) is 0 Å². The van der Waals surface area contributed by atoms with Crippen molar-refractivity contribution in [2.24, 2.45) is 5.73 Å². The molecule has 26 heavy (non-hydrogen) atoms. The number of anilines is 1. The molecule has 1 aromatic heterocycles. The normalized spacial score (nSPS) is 16.3. The summed E-state index contributed by atoms with van der Waals surface area (Å²) in [5, 5.41) is 3.59. The molecule has 0 fully saturated rings. The number of carbonyl (C=O) groups is 2. The van der Waals surface area contributed by atoms with Crippen LogP contribution in [0.5, 0.6) is 0 Å². The Morgan fingerprint density at radius 1 is 0.923 bits per heavy atom. The highest BCUT2D eigenvalue weighted by Crippen LogP contribution is 2.37. The van der Waals surface area contributed by atoms with Crippen LogP contribution in [0.25, 0.3) is 0 Å². The van der Waals surface area contributed by atoms with E-state index in [0.29, 0.717) is 16.1 Å². The number of thiophene rings is 1. The van der Waals surface area contributed by atoms with Crippen LogP contribution in [-0.4, -0.2) is 11.8 Å². The van der Waals surface area contributed by atoms with Gasteiger partial charge >= 0.3 is 0 Å². The van der Waals surface area contributed by atoms with Crippen LogP contribution in [-0.2, 0) is 25.7 Å². The van der Waals surface area contributed by atoms with E-state index in [1.165, 1.54) is 46.6 Å². The zero-order valence-electron chi connectivity index (χ0n) is 14.9. The van der Waals surface area contributed by atoms with E-state index in [-0.39, 0.29) is 5.91 Å². The number of hydrogen-bond donors (Lipinski definition) is 2. The molecule has 0 radical (unpaired) electrons. The van der Waals surface area contributed by atoms with Crippen molar-refractivity contribution in [3.63, 3.8) is 0 Å². The van der Waals surface area contributed by atoms with Gasteiger partial charge in [-0.25, -0.2) is 0 Å². The average Bonchev–Trinajstić information content (AvgIpc) is 2.82. The van der Waals surface area contributed by atoms with E-state index in [2.05, 4.69) is 11.4 Å². The number of nitrogens with two attached hydrogens (primary N) is 1. The molecule has 0 bridgehead atoms. The molecule has 5 heteroatoms. The highest BCUT2D eigenvalue weighted by molar-refractivity contribution is 7.17. The van der Waals surface area contributed by atoms with Crippen LogP contribution in [0.15, 0.2) is 18.2 Å². The number of hydrogen-bond acceptors (Lipinski definition) is 3. The van der Waals surface area contributed by atoms with E-state index in [1.54, 1.807) is 0 Å². The summed E-state index contributed by atoms with van der Waals surface area (Å²) in [5.41, 5.74) is 10.5. The fraction of sp³-hybridized carbons (Fsp3) is 0.429. The van der Waals surface area contributed by atoms with Gasteiger partial charge in [-0.3, -0.25) is 9.59 Å². The minimum Gasteiger partial charge on any atom is -0.365 e. The van der Waals surface area contributed by atoms with Crippen LogP contribution in [0.1, 0.15) is 74.4 Å². The van der Waals surface area contributed by atoms with Gasteiger partial charge in [-0.05, 0) is 80.2 Å². The maximum atomic E-state index is 12.8. The number of benzene rings is 1. The molecule has 2 aromatic rings. The topological polar surface area (TPSA) is 72.2 Å². The van der Waals surface area contributed by atoms with Gasteiger partial charge in [0.05, 0.1) is 5.56 Å². The molecule has 0 atom stereocenters. The lowest BCUT2D eigenvalue weighted by Gasteiger charge is -2.16. The fourth-order valence-corrected chi connectivity index (χ4v) is 5.43. The van der Waals surface area contributed by atoms with Gasteiger partial charge in [0.2, 0.25) is 0 Å². The Bertz CT molecular complexity index is 869. The third-order valence-electron chi connectivity index (χ3n) is 5.51. The van der Waals surface area contributed by atoms with Crippen molar-refractivity contribution < 1.29 is 9.59 Å². The first-order valence-corrected chi connectivity index (χ1v) is 10.3. The summed E-state index contributed by atoms with van der Waals surface area (Å²) in [6.45, 7) is 0. The van der Waals surface area contributed by atoms with Gasteiger partial charge in [0.25, 0.3) is 11.8 Å². The number of aryl methyl sites for hydroxylation is 3. The zero-order chi connectivity index (χ0) is 18.1. The molecule has 136 valence electrons. The Kier molecular flexibility index (Phi) is 4.81. The van der Waals surface area contributed by atoms with Gasteiger partial charge in [-0.15, -0.1) is 11.3 Å². The summed E-state index contributed by atoms with van der Waals surface area (Å²) in [4.78, 5) is 26.1. The number of rotatable bonds is 3. The first-order chi connectivity index (χ1) is 12.6. The number of primary amides is 1. The quantitative estimate of drug-likeness (QED) is 0.795. The Morgan fingerprint density at radius 2 is 1.65 bits per heavy atom. The van der Waals surface area contributed by atoms with Crippen molar-refractivity contribution in [3.05, 3.63) is 50.9 Å². The number of nitrogens with one attached hydrogen (secondary N) is 1. The van der Waals surface area contributed by atoms with Crippen LogP contribution >= 0.6 is 11.3 Å². The lowest BCUT2D eigenvalue weighted by Crippen LogP contribution is -2.18. The van der Waals surface area contributed by atoms with Gasteiger partial charge in [0.15, 0.2) is 0 Å². The summed E-state index contributed by atoms with van der Waals surface area (Å²) in [6.07, 6.45) is 9.76. The average molecular weight is 369 g/mol. The highest BCUT2D eigenvalue weighted by atomic mass is 32.1. The molecule has 2 amide bonds. The second-order valence-electron chi connectivity index (χ2n) is 7.28. The minimum atomic E-state index is -0.440. The predicted octanol–water partition coefficient (Wildman–Crippen LogP) is 4.25. The van der Waals surface area contributed by atoms with Crippen molar-refractivity contribution >= 4 is 28.2 Å². The summed E-state index contributed by atoms with van der Waals surface area (Å²) in [7, 11) is 0. The van der Waals surface area contributed by atoms with Crippen LogP contribution in [0, 0.1) is 0 Å². The molecule has 0 saturated carbocycles. The minimum absolute atomic E-state index is 0.155. The Balaban J connectivity index is 1.62. The standard InChI is InChI=1S/C21H24N2O2S/c22-19(24)18-16-8-2-1-3-9-17(16)26-21(18)23-20(25)15-11-10-13-6-4-5-7-14(13)12-15/h10-12H,1-9H2,(H2,22,24)(H,23,25). The molecule has 0 saturated heterocycles. The lowest BCUT2D eigenvalue weighted by atomic mass is 9.90. The third-order valence-corrected chi connectivity index (χ3v) is 6.71. The Hall–Kier alpha value is -2.14. The molecule has 2 aliphatic rings. The van der Waals surface area contributed by atoms with E-state index in [9.17, 15) is 9.59 Å². The third kappa shape index (κ3) is 3.28. The van der Waals surface area contributed by atoms with Gasteiger partial charge in [0, 0.05) is 10.4 Å². The summed E-state index contributed by atoms with van der Waals surface area (Å²) in [6, 6.07) is 5.97. The number of amides is 2. The van der Waals surface area contributed by atoms with Gasteiger partial charge in [-0.1, -0.05) is 12.5 Å². The van der Waals surface area contributed by atoms with Crippen LogP contribution in [0.4, 0.5) is 5.00 Å². The smallest absolute Gasteiger partial charge is 0.256 e. The van der Waals surface area contributed by atoms with E-state index in [1.807, 2.05) is 12.1 Å². The molecule has 0 spiro atoms. The summed E-state index contributed by atoms with van der Waals surface area (Å²) >= 11 is 1.52. The second-order valence-corrected chi connectivity index (χ2v) is 8.38. The number of carbonyl (C=O) groups excluding carboxylic acids is 2. The fourth-order valence-electron chi connectivity index (χ4n) is 4.14. The molecule has 1 aromatic carbocycles. The molecule has 0 unspecified atom stereocenters. The molecule has 0 aliphatic heterocycles. The van der Waals surface area contributed by atoms with Gasteiger partial charge in [0.1, 0.15) is 5.00 Å². The molecule has 1 heterocycles. The van der Waals surface area contributed by atoms with Gasteiger partial charge in [-0.2, -0.15) is 0 Å². The van der Waals surface area contributed by atoms with Crippen molar-refractivity contribution in [2.45, 2.75) is 57.8 Å². The molecule has 3 N–H and O–H groups in total. The zero-order valence-corrected chi connectivity index (χ0v) is 15.7. The Morgan fingerprint density at radius 3 is 2.46 bits per heavy atom. The molecule has 4 nitrogen and oxygen atoms in total. The van der Waals surface area contributed by atoms with Crippen LogP contribution in [0.2, 0.25) is 0 Å². The molecule has 2 aliphatic carbocycles. The maximum absolute atomic E-state index is 12.8. The monoisotopic (exact) mass is 368 g/mol. The van der Waals surface area contributed by atoms with E-state index >= 15 is 0 Å². The van der Waals surface area contributed by atoms with E-state index < -0.39 is 5.91 Å². The molecule has 4 rings (SSSR count).